The van der Waals surface area contributed by atoms with Crippen LogP contribution in [-0.2, 0) is 0 Å². The number of fused-ring (bicyclic) bond motifs is 10. The number of nitrogens with zero attached hydrogens (tertiary/aromatic N) is 4. The van der Waals surface area contributed by atoms with Crippen molar-refractivity contribution in [2.75, 3.05) is 7.05 Å². The Hall–Kier alpha value is -11.6. The van der Waals surface area contributed by atoms with Crippen molar-refractivity contribution in [2.45, 2.75) is 0 Å². The third kappa shape index (κ3) is 7.88. The summed E-state index contributed by atoms with van der Waals surface area (Å²) < 4.78 is 6.87. The van der Waals surface area contributed by atoms with Gasteiger partial charge in [-0.15, -0.1) is 0 Å². The lowest BCUT2D eigenvalue weighted by molar-refractivity contribution is 0.0693. The van der Waals surface area contributed by atoms with Crippen molar-refractivity contribution in [3.63, 3.8) is 0 Å². The second kappa shape index (κ2) is 19.8. The van der Waals surface area contributed by atoms with Gasteiger partial charge in [-0.1, -0.05) is 218 Å². The predicted octanol–water partition coefficient (Wildman–Crippen LogP) is 20.2. The second-order valence-electron chi connectivity index (χ2n) is 22.8. The zero-order valence-electron chi connectivity index (χ0n) is 47.4. The highest BCUT2D eigenvalue weighted by molar-refractivity contribution is 6.27. The topological polar surface area (TPSA) is 52.2 Å². The van der Waals surface area contributed by atoms with Gasteiger partial charge in [-0.3, -0.25) is 14.5 Å². The molecule has 4 heterocycles. The van der Waals surface area contributed by atoms with Gasteiger partial charge in [0.05, 0.1) is 61.3 Å². The first-order valence-electron chi connectivity index (χ1n) is 29.5. The predicted molar refractivity (Wildman–Crippen MR) is 358 cm³/mol. The molecule has 0 radical (unpaired) electrons. The molecule has 0 saturated heterocycles. The van der Waals surface area contributed by atoms with Crippen molar-refractivity contribution in [1.82, 2.24) is 18.6 Å². The molecule has 1 aliphatic heterocycles. The Morgan fingerprint density at radius 2 is 0.448 bits per heavy atom. The van der Waals surface area contributed by atoms with Crippen LogP contribution in [0.1, 0.15) is 20.7 Å². The third-order valence-corrected chi connectivity index (χ3v) is 17.9. The minimum atomic E-state index is -0.373. The molecule has 0 spiro atoms. The average molecular weight is 1110 g/mol. The molecule has 0 N–H and O–H groups in total. The van der Waals surface area contributed by atoms with Crippen LogP contribution in [0.25, 0.3) is 149 Å². The minimum Gasteiger partial charge on any atom is -0.308 e. The summed E-state index contributed by atoms with van der Waals surface area (Å²) >= 11 is 0. The van der Waals surface area contributed by atoms with E-state index in [-0.39, 0.29) is 11.8 Å². The fraction of sp³-hybridized carbons (Fsp3) is 0.0123. The van der Waals surface area contributed by atoms with Gasteiger partial charge in [0.1, 0.15) is 0 Å². The Morgan fingerprint density at radius 1 is 0.218 bits per heavy atom. The Kier molecular flexibility index (Phi) is 11.4. The van der Waals surface area contributed by atoms with E-state index in [0.29, 0.717) is 22.5 Å². The molecule has 0 atom stereocenters. The maximum Gasteiger partial charge on any atom is 0.263 e. The van der Waals surface area contributed by atoms with Crippen molar-refractivity contribution in [3.8, 4) is 83.8 Å². The number of imide groups is 1. The van der Waals surface area contributed by atoms with E-state index in [1.54, 1.807) is 7.05 Å². The molecule has 16 aromatic rings. The summed E-state index contributed by atoms with van der Waals surface area (Å²) in [4.78, 5) is 33.1. The second-order valence-corrected chi connectivity index (χ2v) is 22.8. The fourth-order valence-corrected chi connectivity index (χ4v) is 13.8. The summed E-state index contributed by atoms with van der Waals surface area (Å²) in [6.07, 6.45) is 0. The highest BCUT2D eigenvalue weighted by Crippen LogP contribution is 2.48. The van der Waals surface area contributed by atoms with Gasteiger partial charge in [-0.25, -0.2) is 0 Å². The summed E-state index contributed by atoms with van der Waals surface area (Å²) in [6, 6.07) is 105. The van der Waals surface area contributed by atoms with Crippen LogP contribution in [0, 0.1) is 0 Å². The Morgan fingerprint density at radius 3 is 0.713 bits per heavy atom. The lowest BCUT2D eigenvalue weighted by Crippen LogP contribution is -2.24. The van der Waals surface area contributed by atoms with E-state index in [1.807, 2.05) is 24.3 Å². The van der Waals surface area contributed by atoms with Crippen molar-refractivity contribution < 1.29 is 9.59 Å². The van der Waals surface area contributed by atoms with E-state index in [9.17, 15) is 0 Å². The first-order valence-corrected chi connectivity index (χ1v) is 29.5. The van der Waals surface area contributed by atoms with Crippen LogP contribution < -0.4 is 0 Å². The molecule has 3 aromatic heterocycles. The zero-order valence-corrected chi connectivity index (χ0v) is 47.4. The monoisotopic (exact) mass is 1110 g/mol. The number of amides is 2. The van der Waals surface area contributed by atoms with Crippen LogP contribution in [-0.4, -0.2) is 37.5 Å². The number of hydrogen-bond donors (Lipinski definition) is 0. The molecule has 0 aliphatic carbocycles. The number of rotatable bonds is 9. The van der Waals surface area contributed by atoms with E-state index in [0.717, 1.165) is 138 Å². The smallest absolute Gasteiger partial charge is 0.263 e. The first kappa shape index (κ1) is 50.0. The standard InChI is InChI=1S/C81H52N4O2/c1-82-80(86)77-75(83-69-38-32-57(51-20-8-2-9-21-51)44-63(69)64-45-58(33-39-70(64)83)52-22-10-3-11-23-52)50-76(84-71-40-34-59(53-24-12-4-13-25-53)46-65(71)66-47-60(35-41-72(66)84)54-26-14-5-15-27-54)79(78(77)81(82)87)85-73-42-36-61(55-28-16-6-17-29-55)48-67(73)68-49-62(37-43-74(68)85)56-30-18-7-19-31-56/h2-50H,1H3. The highest BCUT2D eigenvalue weighted by Gasteiger charge is 2.42. The summed E-state index contributed by atoms with van der Waals surface area (Å²) in [5.74, 6) is -0.739. The zero-order chi connectivity index (χ0) is 57.9. The van der Waals surface area contributed by atoms with Crippen LogP contribution in [0.3, 0.4) is 0 Å². The van der Waals surface area contributed by atoms with Crippen LogP contribution in [0.2, 0.25) is 0 Å². The molecule has 0 saturated carbocycles. The number of hydrogen-bond acceptors (Lipinski definition) is 2. The summed E-state index contributed by atoms with van der Waals surface area (Å²) in [7, 11) is 1.63. The number of carbonyl (C=O) groups excluding carboxylic acids is 2. The molecule has 6 nitrogen and oxygen atoms in total. The van der Waals surface area contributed by atoms with E-state index in [2.05, 4.69) is 287 Å². The maximum absolute atomic E-state index is 16.1. The Labute approximate surface area is 501 Å². The van der Waals surface area contributed by atoms with E-state index in [1.165, 1.54) is 4.90 Å². The van der Waals surface area contributed by atoms with Gasteiger partial charge in [0.2, 0.25) is 0 Å². The van der Waals surface area contributed by atoms with Gasteiger partial charge in [0.15, 0.2) is 0 Å². The first-order chi connectivity index (χ1) is 42.9. The molecular formula is C81H52N4O2. The third-order valence-electron chi connectivity index (χ3n) is 17.9. The van der Waals surface area contributed by atoms with Gasteiger partial charge in [-0.05, 0) is 146 Å². The van der Waals surface area contributed by atoms with Gasteiger partial charge < -0.3 is 13.7 Å². The van der Waals surface area contributed by atoms with Crippen molar-refractivity contribution >= 4 is 77.2 Å². The average Bonchev–Trinajstić information content (AvgIpc) is 1.66. The molecule has 1 aliphatic rings. The van der Waals surface area contributed by atoms with E-state index in [4.69, 9.17) is 0 Å². The quantitative estimate of drug-likeness (QED) is 0.135. The largest absolute Gasteiger partial charge is 0.308 e. The molecule has 2 amide bonds. The summed E-state index contributed by atoms with van der Waals surface area (Å²) in [5.41, 5.74) is 21.3. The van der Waals surface area contributed by atoms with Gasteiger partial charge in [-0.2, -0.15) is 0 Å². The van der Waals surface area contributed by atoms with Crippen LogP contribution >= 0.6 is 0 Å². The van der Waals surface area contributed by atoms with Gasteiger partial charge in [0, 0.05) is 39.4 Å². The normalized spacial score (nSPS) is 12.4. The lowest BCUT2D eigenvalue weighted by atomic mass is 10.0. The highest BCUT2D eigenvalue weighted by atomic mass is 16.2. The van der Waals surface area contributed by atoms with Crippen molar-refractivity contribution in [2.24, 2.45) is 0 Å². The van der Waals surface area contributed by atoms with Crippen molar-refractivity contribution in [3.05, 3.63) is 308 Å². The van der Waals surface area contributed by atoms with Crippen LogP contribution in [0.15, 0.2) is 297 Å². The van der Waals surface area contributed by atoms with Crippen LogP contribution in [0.5, 0.6) is 0 Å². The lowest BCUT2D eigenvalue weighted by Gasteiger charge is -2.22. The van der Waals surface area contributed by atoms with Crippen molar-refractivity contribution in [1.29, 1.82) is 0 Å². The summed E-state index contributed by atoms with van der Waals surface area (Å²) in [6.45, 7) is 0. The number of carbonyl (C=O) groups is 2. The molecule has 0 bridgehead atoms. The molecule has 6 heteroatoms. The molecule has 0 fully saturated rings. The minimum absolute atomic E-state index is 0.335. The molecule has 0 unspecified atom stereocenters. The molecule has 13 aromatic carbocycles. The molecule has 17 rings (SSSR count). The van der Waals surface area contributed by atoms with Crippen LogP contribution in [0.4, 0.5) is 0 Å². The molecule has 87 heavy (non-hydrogen) atoms. The van der Waals surface area contributed by atoms with Gasteiger partial charge in [0.25, 0.3) is 11.8 Å². The Bertz CT molecular complexity index is 5180. The van der Waals surface area contributed by atoms with E-state index < -0.39 is 0 Å². The van der Waals surface area contributed by atoms with Gasteiger partial charge >= 0.3 is 0 Å². The SMILES string of the molecule is CN1C(=O)c2c(-n3c4ccc(-c5ccccc5)cc4c4cc(-c5ccccc5)ccc43)cc(-n3c4ccc(-c5ccccc5)cc4c4cc(-c5ccccc5)ccc43)c(-n3c4ccc(-c5ccccc5)cc4c4cc(-c5ccccc5)ccc43)c2C1=O. The molecular weight excluding hydrogens is 1060 g/mol. The summed E-state index contributed by atoms with van der Waals surface area (Å²) in [5, 5.41) is 6.20. The fourth-order valence-electron chi connectivity index (χ4n) is 13.8. The number of aromatic nitrogens is 3. The Balaban J connectivity index is 1.04. The number of benzene rings is 13. The maximum atomic E-state index is 16.1. The van der Waals surface area contributed by atoms with E-state index >= 15 is 9.59 Å². The molecule has 408 valence electrons.